The second-order valence-corrected chi connectivity index (χ2v) is 8.15. The lowest BCUT2D eigenvalue weighted by molar-refractivity contribution is 0.282. The Morgan fingerprint density at radius 1 is 1.26 bits per heavy atom. The lowest BCUT2D eigenvalue weighted by Gasteiger charge is -2.12. The minimum atomic E-state index is -3.41. The molecule has 150 valence electrons. The molecular weight excluding hydrogens is 388 g/mol. The number of methoxy groups -OCH3 is 2. The zero-order chi connectivity index (χ0) is 20.3. The highest BCUT2D eigenvalue weighted by Gasteiger charge is 2.12. The van der Waals surface area contributed by atoms with Crippen molar-refractivity contribution in [2.24, 2.45) is 0 Å². The maximum Gasteiger partial charge on any atom is 0.211 e. The molecule has 0 aromatic heterocycles. The van der Waals surface area contributed by atoms with Crippen molar-refractivity contribution in [1.29, 1.82) is 0 Å². The van der Waals surface area contributed by atoms with Crippen molar-refractivity contribution in [2.45, 2.75) is 13.0 Å². The van der Waals surface area contributed by atoms with E-state index in [1.54, 1.807) is 6.08 Å². The first-order valence-corrected chi connectivity index (χ1v) is 10.4. The van der Waals surface area contributed by atoms with Gasteiger partial charge >= 0.3 is 0 Å². The largest absolute Gasteiger partial charge is 0.497 e. The number of hydrogen-bond acceptors (Lipinski definition) is 5. The number of allylic oxidation sites excluding steroid dienone is 1. The smallest absolute Gasteiger partial charge is 0.211 e. The number of halogens is 1. The summed E-state index contributed by atoms with van der Waals surface area (Å²) in [6.07, 6.45) is 2.03. The Morgan fingerprint density at radius 3 is 2.63 bits per heavy atom. The summed E-state index contributed by atoms with van der Waals surface area (Å²) in [7, 11) is -0.456. The van der Waals surface area contributed by atoms with Crippen LogP contribution in [0.2, 0.25) is 5.02 Å². The Balaban J connectivity index is 2.35. The molecule has 0 saturated carbocycles. The summed E-state index contributed by atoms with van der Waals surface area (Å²) in [4.78, 5) is 0. The van der Waals surface area contributed by atoms with Crippen LogP contribution in [0.5, 0.6) is 0 Å². The van der Waals surface area contributed by atoms with Crippen molar-refractivity contribution in [2.75, 3.05) is 33.1 Å². The SMILES string of the molecule is C=C(/C=C(/OC)C(=C)CNS(=O)(=O)CCCNCc1cccc(Cl)c1)OC. The molecular formula is C19H27ClN2O4S. The van der Waals surface area contributed by atoms with Gasteiger partial charge in [-0.25, -0.2) is 13.1 Å². The third-order valence-corrected chi connectivity index (χ3v) is 5.26. The van der Waals surface area contributed by atoms with Gasteiger partial charge in [0.15, 0.2) is 0 Å². The summed E-state index contributed by atoms with van der Waals surface area (Å²) >= 11 is 5.93. The lowest BCUT2D eigenvalue weighted by Crippen LogP contribution is -2.30. The van der Waals surface area contributed by atoms with Crippen LogP contribution in [-0.2, 0) is 26.0 Å². The van der Waals surface area contributed by atoms with Crippen LogP contribution in [0.4, 0.5) is 0 Å². The summed E-state index contributed by atoms with van der Waals surface area (Å²) in [6.45, 7) is 8.75. The molecule has 0 bridgehead atoms. The van der Waals surface area contributed by atoms with E-state index in [9.17, 15) is 8.42 Å². The van der Waals surface area contributed by atoms with Crippen molar-refractivity contribution in [3.63, 3.8) is 0 Å². The average molecular weight is 415 g/mol. The lowest BCUT2D eigenvalue weighted by atomic mass is 10.2. The summed E-state index contributed by atoms with van der Waals surface area (Å²) in [5, 5.41) is 3.88. The topological polar surface area (TPSA) is 76.7 Å². The van der Waals surface area contributed by atoms with Crippen LogP contribution in [0.1, 0.15) is 12.0 Å². The third-order valence-electron chi connectivity index (χ3n) is 3.61. The van der Waals surface area contributed by atoms with E-state index >= 15 is 0 Å². The van der Waals surface area contributed by atoms with Gasteiger partial charge in [0.05, 0.1) is 20.0 Å². The summed E-state index contributed by atoms with van der Waals surface area (Å²) in [5.41, 5.74) is 1.54. The monoisotopic (exact) mass is 414 g/mol. The van der Waals surface area contributed by atoms with Crippen molar-refractivity contribution < 1.29 is 17.9 Å². The highest BCUT2D eigenvalue weighted by atomic mass is 35.5. The first kappa shape index (κ1) is 23.2. The molecule has 0 aliphatic rings. The normalized spacial score (nSPS) is 11.9. The average Bonchev–Trinajstić information content (AvgIpc) is 2.63. The van der Waals surface area contributed by atoms with E-state index in [1.165, 1.54) is 14.2 Å². The maximum absolute atomic E-state index is 12.1. The molecule has 0 aliphatic heterocycles. The Labute approximate surface area is 166 Å². The standard InChI is InChI=1S/C19H27ClN2O4S/c1-15(19(26-4)11-16(2)25-3)13-22-27(23,24)10-6-9-21-14-17-7-5-8-18(20)12-17/h5,7-8,11-12,21-22H,1-2,6,9-10,13-14H2,3-4H3/b19-11+. The van der Waals surface area contributed by atoms with Gasteiger partial charge in [-0.3, -0.25) is 0 Å². The molecule has 0 amide bonds. The Hall–Kier alpha value is -1.80. The number of rotatable bonds is 13. The minimum absolute atomic E-state index is 0.0135. The van der Waals surface area contributed by atoms with E-state index in [4.69, 9.17) is 21.1 Å². The molecule has 6 nitrogen and oxygen atoms in total. The first-order valence-electron chi connectivity index (χ1n) is 8.36. The van der Waals surface area contributed by atoms with Crippen LogP contribution in [0.15, 0.2) is 60.6 Å². The van der Waals surface area contributed by atoms with Crippen molar-refractivity contribution in [3.05, 3.63) is 71.2 Å². The van der Waals surface area contributed by atoms with Crippen molar-refractivity contribution in [3.8, 4) is 0 Å². The van der Waals surface area contributed by atoms with Gasteiger partial charge in [-0.15, -0.1) is 0 Å². The van der Waals surface area contributed by atoms with Gasteiger partial charge in [0, 0.05) is 29.8 Å². The van der Waals surface area contributed by atoms with Crippen LogP contribution in [-0.4, -0.2) is 41.5 Å². The predicted octanol–water partition coefficient (Wildman–Crippen LogP) is 2.99. The van der Waals surface area contributed by atoms with Gasteiger partial charge in [-0.1, -0.05) is 36.9 Å². The van der Waals surface area contributed by atoms with Crippen LogP contribution in [0, 0.1) is 0 Å². The van der Waals surface area contributed by atoms with Gasteiger partial charge < -0.3 is 14.8 Å². The molecule has 0 atom stereocenters. The molecule has 1 aromatic rings. The van der Waals surface area contributed by atoms with E-state index in [0.29, 0.717) is 41.6 Å². The van der Waals surface area contributed by atoms with Crippen LogP contribution < -0.4 is 10.0 Å². The maximum atomic E-state index is 12.1. The Morgan fingerprint density at radius 2 is 2.00 bits per heavy atom. The zero-order valence-electron chi connectivity index (χ0n) is 15.8. The fraction of sp³-hybridized carbons (Fsp3) is 0.368. The Kier molecular flexibility index (Phi) is 10.2. The van der Waals surface area contributed by atoms with Gasteiger partial charge in [-0.2, -0.15) is 0 Å². The molecule has 0 heterocycles. The fourth-order valence-corrected chi connectivity index (χ4v) is 3.41. The van der Waals surface area contributed by atoms with E-state index in [2.05, 4.69) is 23.2 Å². The highest BCUT2D eigenvalue weighted by molar-refractivity contribution is 7.89. The van der Waals surface area contributed by atoms with Gasteiger partial charge in [0.1, 0.15) is 11.5 Å². The molecule has 8 heteroatoms. The first-order chi connectivity index (χ1) is 12.8. The molecule has 0 saturated heterocycles. The van der Waals surface area contributed by atoms with Gasteiger partial charge in [0.25, 0.3) is 0 Å². The number of nitrogens with one attached hydrogen (secondary N) is 2. The molecule has 2 N–H and O–H groups in total. The van der Waals surface area contributed by atoms with E-state index in [-0.39, 0.29) is 12.3 Å². The molecule has 0 fully saturated rings. The van der Waals surface area contributed by atoms with E-state index < -0.39 is 10.0 Å². The zero-order valence-corrected chi connectivity index (χ0v) is 17.3. The quantitative estimate of drug-likeness (QED) is 0.295. The highest BCUT2D eigenvalue weighted by Crippen LogP contribution is 2.12. The van der Waals surface area contributed by atoms with E-state index in [1.807, 2.05) is 24.3 Å². The number of ether oxygens (including phenoxy) is 2. The molecule has 0 radical (unpaired) electrons. The summed E-state index contributed by atoms with van der Waals surface area (Å²) in [5.74, 6) is 0.814. The molecule has 0 spiro atoms. The number of hydrogen-bond donors (Lipinski definition) is 2. The van der Waals surface area contributed by atoms with E-state index in [0.717, 1.165) is 5.56 Å². The van der Waals surface area contributed by atoms with Crippen LogP contribution in [0.3, 0.4) is 0 Å². The Bertz CT molecular complexity index is 776. The number of benzene rings is 1. The van der Waals surface area contributed by atoms with Crippen LogP contribution >= 0.6 is 11.6 Å². The number of sulfonamides is 1. The summed E-state index contributed by atoms with van der Waals surface area (Å²) in [6, 6.07) is 7.53. The predicted molar refractivity (Wildman–Crippen MR) is 110 cm³/mol. The van der Waals surface area contributed by atoms with Crippen LogP contribution in [0.25, 0.3) is 0 Å². The van der Waals surface area contributed by atoms with Crippen molar-refractivity contribution >= 4 is 21.6 Å². The fourth-order valence-electron chi connectivity index (χ4n) is 2.13. The summed E-state index contributed by atoms with van der Waals surface area (Å²) < 4.78 is 36.8. The van der Waals surface area contributed by atoms with Gasteiger partial charge in [-0.05, 0) is 30.7 Å². The van der Waals surface area contributed by atoms with Gasteiger partial charge in [0.2, 0.25) is 10.0 Å². The molecule has 27 heavy (non-hydrogen) atoms. The molecule has 0 unspecified atom stereocenters. The molecule has 1 aromatic carbocycles. The third kappa shape index (κ3) is 9.63. The second kappa shape index (κ2) is 11.8. The van der Waals surface area contributed by atoms with Crippen molar-refractivity contribution in [1.82, 2.24) is 10.0 Å². The molecule has 1 rings (SSSR count). The minimum Gasteiger partial charge on any atom is -0.497 e. The molecule has 0 aliphatic carbocycles. The second-order valence-electron chi connectivity index (χ2n) is 5.79.